The topological polar surface area (TPSA) is 38.5 Å². The maximum atomic E-state index is 6.09. The van der Waals surface area contributed by atoms with Crippen molar-refractivity contribution in [1.82, 2.24) is 4.90 Å². The Hall–Kier alpha value is -1.22. The van der Waals surface area contributed by atoms with Crippen molar-refractivity contribution in [1.29, 1.82) is 0 Å². The lowest BCUT2D eigenvalue weighted by atomic mass is 10.1. The number of rotatable bonds is 3. The van der Waals surface area contributed by atoms with Gasteiger partial charge in [-0.15, -0.1) is 0 Å². The first-order chi connectivity index (χ1) is 8.56. The molecule has 3 heteroatoms. The zero-order valence-electron chi connectivity index (χ0n) is 11.6. The zero-order chi connectivity index (χ0) is 13.1. The van der Waals surface area contributed by atoms with Crippen molar-refractivity contribution in [2.75, 3.05) is 18.8 Å². The van der Waals surface area contributed by atoms with Crippen LogP contribution < -0.4 is 10.5 Å². The molecule has 1 aliphatic rings. The molecule has 0 amide bonds. The number of piperidine rings is 1. The van der Waals surface area contributed by atoms with E-state index in [1.54, 1.807) is 0 Å². The molecular formula is C15H24N2O. The summed E-state index contributed by atoms with van der Waals surface area (Å²) < 4.78 is 6.09. The number of nitrogen functional groups attached to an aromatic ring is 1. The van der Waals surface area contributed by atoms with Crippen molar-refractivity contribution >= 4 is 5.69 Å². The van der Waals surface area contributed by atoms with Gasteiger partial charge in [-0.25, -0.2) is 0 Å². The maximum absolute atomic E-state index is 6.09. The van der Waals surface area contributed by atoms with Crippen LogP contribution in [-0.4, -0.2) is 30.1 Å². The van der Waals surface area contributed by atoms with Gasteiger partial charge in [0.05, 0.1) is 0 Å². The van der Waals surface area contributed by atoms with E-state index in [9.17, 15) is 0 Å². The number of aryl methyl sites for hydroxylation is 1. The average molecular weight is 248 g/mol. The van der Waals surface area contributed by atoms with E-state index >= 15 is 0 Å². The number of nitrogens with zero attached hydrogens (tertiary/aromatic N) is 1. The number of hydrogen-bond donors (Lipinski definition) is 1. The number of nitrogens with two attached hydrogens (primary N) is 1. The van der Waals surface area contributed by atoms with Gasteiger partial charge >= 0.3 is 0 Å². The van der Waals surface area contributed by atoms with Crippen molar-refractivity contribution in [2.24, 2.45) is 0 Å². The molecule has 3 nitrogen and oxygen atoms in total. The summed E-state index contributed by atoms with van der Waals surface area (Å²) >= 11 is 0. The van der Waals surface area contributed by atoms with Crippen LogP contribution in [0.4, 0.5) is 5.69 Å². The van der Waals surface area contributed by atoms with Crippen LogP contribution in [0.2, 0.25) is 0 Å². The van der Waals surface area contributed by atoms with Gasteiger partial charge in [-0.3, -0.25) is 0 Å². The largest absolute Gasteiger partial charge is 0.490 e. The van der Waals surface area contributed by atoms with Gasteiger partial charge in [0, 0.05) is 24.8 Å². The van der Waals surface area contributed by atoms with Crippen LogP contribution in [0.3, 0.4) is 0 Å². The Morgan fingerprint density at radius 2 is 1.94 bits per heavy atom. The Bertz CT molecular complexity index is 395. The molecule has 2 N–H and O–H groups in total. The first-order valence-corrected chi connectivity index (χ1v) is 6.83. The number of likely N-dealkylation sites (tertiary alicyclic amines) is 1. The third kappa shape index (κ3) is 3.16. The molecule has 0 spiro atoms. The minimum atomic E-state index is 0.349. The van der Waals surface area contributed by atoms with E-state index in [-0.39, 0.29) is 0 Å². The highest BCUT2D eigenvalue weighted by Crippen LogP contribution is 2.24. The molecule has 0 atom stereocenters. The van der Waals surface area contributed by atoms with E-state index in [4.69, 9.17) is 10.5 Å². The van der Waals surface area contributed by atoms with E-state index in [2.05, 4.69) is 25.7 Å². The van der Waals surface area contributed by atoms with Crippen LogP contribution in [0, 0.1) is 6.92 Å². The highest BCUT2D eigenvalue weighted by Gasteiger charge is 2.22. The molecule has 1 aromatic carbocycles. The monoisotopic (exact) mass is 248 g/mol. The predicted octanol–water partition coefficient (Wildman–Crippen LogP) is 2.83. The number of hydrogen-bond acceptors (Lipinski definition) is 3. The lowest BCUT2D eigenvalue weighted by Crippen LogP contribution is -2.41. The van der Waals surface area contributed by atoms with E-state index in [0.717, 1.165) is 42.9 Å². The Morgan fingerprint density at radius 3 is 2.50 bits per heavy atom. The van der Waals surface area contributed by atoms with Crippen LogP contribution in [0.5, 0.6) is 5.75 Å². The molecule has 0 aromatic heterocycles. The van der Waals surface area contributed by atoms with Gasteiger partial charge in [-0.05, 0) is 57.4 Å². The lowest BCUT2D eigenvalue weighted by Gasteiger charge is -2.34. The average Bonchev–Trinajstić information content (AvgIpc) is 2.33. The standard InChI is InChI=1S/C15H24N2O/c1-11(2)17-8-6-14(7-9-17)18-15-5-4-13(16)10-12(15)3/h4-5,10-11,14H,6-9,16H2,1-3H3. The zero-order valence-corrected chi connectivity index (χ0v) is 11.6. The fourth-order valence-electron chi connectivity index (χ4n) is 2.49. The van der Waals surface area contributed by atoms with Gasteiger partial charge < -0.3 is 15.4 Å². The molecule has 1 fully saturated rings. The summed E-state index contributed by atoms with van der Waals surface area (Å²) in [6, 6.07) is 6.51. The molecular weight excluding hydrogens is 224 g/mol. The fourth-order valence-corrected chi connectivity index (χ4v) is 2.49. The first-order valence-electron chi connectivity index (χ1n) is 6.83. The molecule has 100 valence electrons. The second-order valence-electron chi connectivity index (χ2n) is 5.47. The first kappa shape index (κ1) is 13.2. The maximum Gasteiger partial charge on any atom is 0.122 e. The molecule has 1 aromatic rings. The SMILES string of the molecule is Cc1cc(N)ccc1OC1CCN(C(C)C)CC1. The van der Waals surface area contributed by atoms with Crippen molar-refractivity contribution in [3.8, 4) is 5.75 Å². The van der Waals surface area contributed by atoms with Gasteiger partial charge in [0.2, 0.25) is 0 Å². The third-order valence-electron chi connectivity index (χ3n) is 3.70. The second-order valence-corrected chi connectivity index (χ2v) is 5.47. The second kappa shape index (κ2) is 5.61. The molecule has 1 saturated heterocycles. The highest BCUT2D eigenvalue weighted by molar-refractivity contribution is 5.47. The molecule has 18 heavy (non-hydrogen) atoms. The number of benzene rings is 1. The van der Waals surface area contributed by atoms with E-state index in [1.165, 1.54) is 0 Å². The fraction of sp³-hybridized carbons (Fsp3) is 0.600. The van der Waals surface area contributed by atoms with Crippen molar-refractivity contribution in [2.45, 2.75) is 45.8 Å². The van der Waals surface area contributed by atoms with Crippen LogP contribution >= 0.6 is 0 Å². The minimum Gasteiger partial charge on any atom is -0.490 e. The van der Waals surface area contributed by atoms with E-state index in [1.807, 2.05) is 18.2 Å². The van der Waals surface area contributed by atoms with Crippen LogP contribution in [0.1, 0.15) is 32.3 Å². The Kier molecular flexibility index (Phi) is 4.12. The number of ether oxygens (including phenoxy) is 1. The Labute approximate surface area is 110 Å². The van der Waals surface area contributed by atoms with Gasteiger partial charge in [0.25, 0.3) is 0 Å². The molecule has 1 heterocycles. The molecule has 0 saturated carbocycles. The van der Waals surface area contributed by atoms with Gasteiger partial charge in [-0.2, -0.15) is 0 Å². The van der Waals surface area contributed by atoms with Crippen LogP contribution in [0.15, 0.2) is 18.2 Å². The van der Waals surface area contributed by atoms with Crippen LogP contribution in [-0.2, 0) is 0 Å². The highest BCUT2D eigenvalue weighted by atomic mass is 16.5. The van der Waals surface area contributed by atoms with Gasteiger partial charge in [-0.1, -0.05) is 0 Å². The summed E-state index contributed by atoms with van der Waals surface area (Å²) in [5.74, 6) is 0.979. The third-order valence-corrected chi connectivity index (χ3v) is 3.70. The lowest BCUT2D eigenvalue weighted by molar-refractivity contribution is 0.0838. The quantitative estimate of drug-likeness (QED) is 0.836. The normalized spacial score (nSPS) is 18.2. The summed E-state index contributed by atoms with van der Waals surface area (Å²) in [7, 11) is 0. The molecule has 0 aliphatic carbocycles. The van der Waals surface area contributed by atoms with Gasteiger partial charge in [0.1, 0.15) is 11.9 Å². The Morgan fingerprint density at radius 1 is 1.28 bits per heavy atom. The molecule has 0 radical (unpaired) electrons. The van der Waals surface area contributed by atoms with E-state index < -0.39 is 0 Å². The van der Waals surface area contributed by atoms with E-state index in [0.29, 0.717) is 12.1 Å². The van der Waals surface area contributed by atoms with Crippen molar-refractivity contribution < 1.29 is 4.74 Å². The predicted molar refractivity (Wildman–Crippen MR) is 76.0 cm³/mol. The van der Waals surface area contributed by atoms with Crippen LogP contribution in [0.25, 0.3) is 0 Å². The number of anilines is 1. The minimum absolute atomic E-state index is 0.349. The molecule has 0 bridgehead atoms. The smallest absolute Gasteiger partial charge is 0.122 e. The van der Waals surface area contributed by atoms with Crippen molar-refractivity contribution in [3.63, 3.8) is 0 Å². The van der Waals surface area contributed by atoms with Crippen molar-refractivity contribution in [3.05, 3.63) is 23.8 Å². The molecule has 0 unspecified atom stereocenters. The summed E-state index contributed by atoms with van der Waals surface area (Å²) in [4.78, 5) is 2.51. The molecule has 2 rings (SSSR count). The molecule has 1 aliphatic heterocycles. The summed E-state index contributed by atoms with van der Waals surface area (Å²) in [5.41, 5.74) is 7.68. The Balaban J connectivity index is 1.91. The summed E-state index contributed by atoms with van der Waals surface area (Å²) in [6.07, 6.45) is 2.58. The summed E-state index contributed by atoms with van der Waals surface area (Å²) in [6.45, 7) is 8.83. The summed E-state index contributed by atoms with van der Waals surface area (Å²) in [5, 5.41) is 0. The van der Waals surface area contributed by atoms with Gasteiger partial charge in [0.15, 0.2) is 0 Å².